The largest absolute Gasteiger partial charge is 0.481 e. The highest BCUT2D eigenvalue weighted by molar-refractivity contribution is 5.76. The van der Waals surface area contributed by atoms with Gasteiger partial charge in [0.1, 0.15) is 17.8 Å². The van der Waals surface area contributed by atoms with Gasteiger partial charge in [0, 0.05) is 6.20 Å². The zero-order chi connectivity index (χ0) is 14.8. The Morgan fingerprint density at radius 1 is 1.37 bits per heavy atom. The third-order valence-corrected chi connectivity index (χ3v) is 2.46. The monoisotopic (exact) mass is 268 g/mol. The highest BCUT2D eigenvalue weighted by Crippen LogP contribution is 2.23. The van der Waals surface area contributed by atoms with Crippen molar-refractivity contribution >= 4 is 12.1 Å². The number of hydrogen-bond acceptors (Lipinski definition) is 4. The van der Waals surface area contributed by atoms with E-state index in [1.54, 1.807) is 34.6 Å². The summed E-state index contributed by atoms with van der Waals surface area (Å²) in [7, 11) is 0. The first-order valence-corrected chi connectivity index (χ1v) is 6.12. The van der Waals surface area contributed by atoms with E-state index in [2.05, 4.69) is 4.98 Å². The molecule has 0 spiro atoms. The maximum Gasteiger partial charge on any atom is 0.419 e. The second-order valence-corrected chi connectivity index (χ2v) is 5.75. The van der Waals surface area contributed by atoms with Crippen LogP contribution < -0.4 is 0 Å². The SMILES string of the molecule is CC(C)C(C(=O)O)c1cn(C(=O)OC(C)(C)C)cn1. The zero-order valence-electron chi connectivity index (χ0n) is 11.9. The molecule has 1 heterocycles. The molecule has 1 unspecified atom stereocenters. The summed E-state index contributed by atoms with van der Waals surface area (Å²) in [4.78, 5) is 27.0. The number of aromatic nitrogens is 2. The molecule has 1 aromatic heterocycles. The molecule has 0 aliphatic carbocycles. The van der Waals surface area contributed by atoms with Crippen LogP contribution in [-0.4, -0.2) is 32.3 Å². The number of ether oxygens (including phenoxy) is 1. The van der Waals surface area contributed by atoms with Crippen LogP contribution in [0.25, 0.3) is 0 Å². The Balaban J connectivity index is 2.93. The van der Waals surface area contributed by atoms with E-state index in [1.807, 2.05) is 0 Å². The van der Waals surface area contributed by atoms with E-state index < -0.39 is 23.6 Å². The van der Waals surface area contributed by atoms with Crippen molar-refractivity contribution in [1.82, 2.24) is 9.55 Å². The topological polar surface area (TPSA) is 81.4 Å². The van der Waals surface area contributed by atoms with Crippen molar-refractivity contribution in [2.75, 3.05) is 0 Å². The van der Waals surface area contributed by atoms with Gasteiger partial charge in [-0.1, -0.05) is 13.8 Å². The Labute approximate surface area is 112 Å². The summed E-state index contributed by atoms with van der Waals surface area (Å²) >= 11 is 0. The Morgan fingerprint density at radius 3 is 2.37 bits per heavy atom. The maximum absolute atomic E-state index is 11.8. The molecule has 6 heteroatoms. The third kappa shape index (κ3) is 4.08. The fourth-order valence-electron chi connectivity index (χ4n) is 1.67. The van der Waals surface area contributed by atoms with Crippen LogP contribution in [0.3, 0.4) is 0 Å². The number of carboxylic acids is 1. The van der Waals surface area contributed by atoms with Crippen LogP contribution in [0.2, 0.25) is 0 Å². The average Bonchev–Trinajstić information content (AvgIpc) is 2.62. The smallest absolute Gasteiger partial charge is 0.419 e. The van der Waals surface area contributed by atoms with E-state index in [1.165, 1.54) is 17.1 Å². The molecule has 106 valence electrons. The van der Waals surface area contributed by atoms with Crippen molar-refractivity contribution in [3.8, 4) is 0 Å². The number of carbonyl (C=O) groups is 2. The lowest BCUT2D eigenvalue weighted by Gasteiger charge is -2.19. The number of hydrogen-bond donors (Lipinski definition) is 1. The molecule has 19 heavy (non-hydrogen) atoms. The minimum atomic E-state index is -0.954. The van der Waals surface area contributed by atoms with Gasteiger partial charge in [-0.25, -0.2) is 14.3 Å². The van der Waals surface area contributed by atoms with Gasteiger partial charge in [0.15, 0.2) is 0 Å². The van der Waals surface area contributed by atoms with Crippen LogP contribution in [0.5, 0.6) is 0 Å². The average molecular weight is 268 g/mol. The summed E-state index contributed by atoms with van der Waals surface area (Å²) in [5.74, 6) is -1.80. The van der Waals surface area contributed by atoms with Crippen molar-refractivity contribution < 1.29 is 19.4 Å². The summed E-state index contributed by atoms with van der Waals surface area (Å²) in [6, 6.07) is 0. The van der Waals surface area contributed by atoms with E-state index in [9.17, 15) is 9.59 Å². The first-order chi connectivity index (χ1) is 8.61. The minimum Gasteiger partial charge on any atom is -0.481 e. The highest BCUT2D eigenvalue weighted by Gasteiger charge is 2.27. The number of carboxylic acid groups (broad SMARTS) is 1. The first kappa shape index (κ1) is 15.2. The van der Waals surface area contributed by atoms with Crippen LogP contribution in [-0.2, 0) is 9.53 Å². The second-order valence-electron chi connectivity index (χ2n) is 5.75. The number of carbonyl (C=O) groups excluding carboxylic acids is 1. The molecule has 0 aromatic carbocycles. The quantitative estimate of drug-likeness (QED) is 0.910. The van der Waals surface area contributed by atoms with Gasteiger partial charge in [-0.05, 0) is 26.7 Å². The van der Waals surface area contributed by atoms with Gasteiger partial charge in [0.05, 0.1) is 5.69 Å². The Kier molecular flexibility index (Phi) is 4.34. The summed E-state index contributed by atoms with van der Waals surface area (Å²) < 4.78 is 6.34. The van der Waals surface area contributed by atoms with Gasteiger partial charge in [0.25, 0.3) is 0 Å². The third-order valence-electron chi connectivity index (χ3n) is 2.46. The lowest BCUT2D eigenvalue weighted by Crippen LogP contribution is -2.26. The van der Waals surface area contributed by atoms with Crippen molar-refractivity contribution in [2.45, 2.75) is 46.1 Å². The predicted octanol–water partition coefficient (Wildman–Crippen LogP) is 2.49. The van der Waals surface area contributed by atoms with Crippen LogP contribution in [0.1, 0.15) is 46.2 Å². The summed E-state index contributed by atoms with van der Waals surface area (Å²) in [6.45, 7) is 8.88. The molecule has 1 aromatic rings. The molecule has 1 rings (SSSR count). The molecule has 0 fully saturated rings. The molecular weight excluding hydrogens is 248 g/mol. The molecule has 1 N–H and O–H groups in total. The fraction of sp³-hybridized carbons (Fsp3) is 0.615. The standard InChI is InChI=1S/C13H20N2O4/c1-8(2)10(11(16)17)9-6-15(7-14-9)12(18)19-13(3,4)5/h6-8,10H,1-5H3,(H,16,17). The van der Waals surface area contributed by atoms with Crippen molar-refractivity contribution in [1.29, 1.82) is 0 Å². The normalized spacial score (nSPS) is 13.4. The molecule has 0 aliphatic heterocycles. The predicted molar refractivity (Wildman–Crippen MR) is 69.1 cm³/mol. The highest BCUT2D eigenvalue weighted by atomic mass is 16.6. The van der Waals surface area contributed by atoms with E-state index in [0.29, 0.717) is 5.69 Å². The Bertz CT molecular complexity index is 471. The fourth-order valence-corrected chi connectivity index (χ4v) is 1.67. The second kappa shape index (κ2) is 5.42. The van der Waals surface area contributed by atoms with Crippen molar-refractivity contribution in [2.24, 2.45) is 5.92 Å². The summed E-state index contributed by atoms with van der Waals surface area (Å²) in [5, 5.41) is 9.17. The summed E-state index contributed by atoms with van der Waals surface area (Å²) in [5.41, 5.74) is -0.250. The maximum atomic E-state index is 11.8. The molecule has 6 nitrogen and oxygen atoms in total. The van der Waals surface area contributed by atoms with E-state index in [0.717, 1.165) is 0 Å². The van der Waals surface area contributed by atoms with E-state index in [-0.39, 0.29) is 5.92 Å². The molecule has 0 bridgehead atoms. The van der Waals surface area contributed by atoms with Crippen LogP contribution >= 0.6 is 0 Å². The number of imidazole rings is 1. The van der Waals surface area contributed by atoms with Crippen molar-refractivity contribution in [3.63, 3.8) is 0 Å². The lowest BCUT2D eigenvalue weighted by molar-refractivity contribution is -0.140. The van der Waals surface area contributed by atoms with Gasteiger partial charge >= 0.3 is 12.1 Å². The molecule has 0 amide bonds. The Hall–Kier alpha value is -1.85. The van der Waals surface area contributed by atoms with Crippen LogP contribution in [0, 0.1) is 5.92 Å². The van der Waals surface area contributed by atoms with Gasteiger partial charge in [-0.2, -0.15) is 0 Å². The molecule has 0 saturated heterocycles. The van der Waals surface area contributed by atoms with Gasteiger partial charge in [0.2, 0.25) is 0 Å². The van der Waals surface area contributed by atoms with Crippen LogP contribution in [0.15, 0.2) is 12.5 Å². The number of rotatable bonds is 3. The van der Waals surface area contributed by atoms with Crippen molar-refractivity contribution in [3.05, 3.63) is 18.2 Å². The number of aliphatic carboxylic acids is 1. The molecule has 0 radical (unpaired) electrons. The minimum absolute atomic E-state index is 0.112. The zero-order valence-corrected chi connectivity index (χ0v) is 11.9. The first-order valence-electron chi connectivity index (χ1n) is 6.12. The van der Waals surface area contributed by atoms with E-state index >= 15 is 0 Å². The van der Waals surface area contributed by atoms with Gasteiger partial charge in [-0.15, -0.1) is 0 Å². The molecule has 0 saturated carbocycles. The molecular formula is C13H20N2O4. The van der Waals surface area contributed by atoms with Gasteiger partial charge in [-0.3, -0.25) is 4.79 Å². The summed E-state index contributed by atoms with van der Waals surface area (Å²) in [6.07, 6.45) is 2.12. The molecule has 1 atom stereocenters. The van der Waals surface area contributed by atoms with Crippen LogP contribution in [0.4, 0.5) is 4.79 Å². The number of nitrogens with zero attached hydrogens (tertiary/aromatic N) is 2. The lowest BCUT2D eigenvalue weighted by atomic mass is 9.93. The van der Waals surface area contributed by atoms with E-state index in [4.69, 9.17) is 9.84 Å². The van der Waals surface area contributed by atoms with Gasteiger partial charge < -0.3 is 9.84 Å². The Morgan fingerprint density at radius 2 is 1.95 bits per heavy atom. The molecule has 0 aliphatic rings.